The van der Waals surface area contributed by atoms with Crippen molar-refractivity contribution in [2.75, 3.05) is 26.2 Å². The first-order valence-corrected chi connectivity index (χ1v) is 12.3. The molecule has 6 nitrogen and oxygen atoms in total. The summed E-state index contributed by atoms with van der Waals surface area (Å²) >= 11 is 1.20. The second-order valence-corrected chi connectivity index (χ2v) is 10.4. The Morgan fingerprint density at radius 3 is 2.77 bits per heavy atom. The number of nitrogens with zero attached hydrogens (tertiary/aromatic N) is 1. The molecule has 2 aromatic carbocycles. The fraction of sp³-hybridized carbons (Fsp3) is 0.318. The number of ether oxygens (including phenoxy) is 1. The molecule has 1 saturated heterocycles. The average molecular weight is 445 g/mol. The van der Waals surface area contributed by atoms with Crippen LogP contribution in [0.3, 0.4) is 0 Å². The maximum absolute atomic E-state index is 12.7. The number of benzene rings is 2. The van der Waals surface area contributed by atoms with E-state index < -0.39 is 10.0 Å². The highest BCUT2D eigenvalue weighted by Crippen LogP contribution is 2.26. The third kappa shape index (κ3) is 4.66. The molecule has 0 saturated carbocycles. The molecular weight excluding hydrogens is 420 g/mol. The number of amides is 1. The molecule has 0 radical (unpaired) electrons. The molecule has 0 unspecified atom stereocenters. The van der Waals surface area contributed by atoms with Crippen LogP contribution in [-0.2, 0) is 14.8 Å². The van der Waals surface area contributed by atoms with Gasteiger partial charge in [0.2, 0.25) is 5.91 Å². The average Bonchev–Trinajstić information content (AvgIpc) is 3.32. The molecule has 8 heteroatoms. The number of thiophene rings is 1. The number of hydrogen-bond donors (Lipinski definition) is 1. The van der Waals surface area contributed by atoms with Crippen LogP contribution in [0.2, 0.25) is 0 Å². The van der Waals surface area contributed by atoms with Crippen molar-refractivity contribution >= 4 is 38.0 Å². The quantitative estimate of drug-likeness (QED) is 0.566. The molecule has 30 heavy (non-hydrogen) atoms. The Morgan fingerprint density at radius 1 is 1.13 bits per heavy atom. The number of sulfonamides is 1. The molecule has 1 fully saturated rings. The van der Waals surface area contributed by atoms with Crippen molar-refractivity contribution in [1.82, 2.24) is 9.62 Å². The minimum atomic E-state index is -3.52. The Hall–Kier alpha value is -2.42. The maximum Gasteiger partial charge on any atom is 0.252 e. The topological polar surface area (TPSA) is 75.7 Å². The Morgan fingerprint density at radius 2 is 1.97 bits per heavy atom. The summed E-state index contributed by atoms with van der Waals surface area (Å²) in [5, 5.41) is 6.89. The van der Waals surface area contributed by atoms with Gasteiger partial charge in [0.25, 0.3) is 10.0 Å². The number of rotatable bonds is 7. The highest BCUT2D eigenvalue weighted by molar-refractivity contribution is 7.91. The van der Waals surface area contributed by atoms with Crippen molar-refractivity contribution in [2.24, 2.45) is 5.92 Å². The first kappa shape index (κ1) is 20.8. The van der Waals surface area contributed by atoms with Gasteiger partial charge >= 0.3 is 0 Å². The predicted octanol–water partition coefficient (Wildman–Crippen LogP) is 3.50. The summed E-state index contributed by atoms with van der Waals surface area (Å²) < 4.78 is 32.9. The van der Waals surface area contributed by atoms with Crippen LogP contribution >= 0.6 is 11.3 Å². The van der Waals surface area contributed by atoms with Crippen LogP contribution < -0.4 is 10.1 Å². The van der Waals surface area contributed by atoms with Crippen LogP contribution in [0.25, 0.3) is 10.8 Å². The SMILES string of the molecule is O=C(NCCOc1ccc2ccccc2c1)[C@H]1CCCN(S(=O)(=O)c2cccs2)C1. The largest absolute Gasteiger partial charge is 0.492 e. The van der Waals surface area contributed by atoms with Gasteiger partial charge in [0.05, 0.1) is 12.5 Å². The fourth-order valence-electron chi connectivity index (χ4n) is 3.66. The summed E-state index contributed by atoms with van der Waals surface area (Å²) in [6.45, 7) is 1.40. The van der Waals surface area contributed by atoms with Crippen molar-refractivity contribution in [2.45, 2.75) is 17.1 Å². The molecule has 158 valence electrons. The van der Waals surface area contributed by atoms with E-state index in [1.807, 2.05) is 42.5 Å². The van der Waals surface area contributed by atoms with Gasteiger partial charge in [-0.15, -0.1) is 11.3 Å². The summed E-state index contributed by atoms with van der Waals surface area (Å²) in [5.74, 6) is 0.297. The smallest absolute Gasteiger partial charge is 0.252 e. The van der Waals surface area contributed by atoms with Crippen molar-refractivity contribution in [1.29, 1.82) is 0 Å². The number of piperidine rings is 1. The molecule has 1 aliphatic heterocycles. The Bertz CT molecular complexity index is 1110. The van der Waals surface area contributed by atoms with Gasteiger partial charge in [-0.3, -0.25) is 4.79 Å². The lowest BCUT2D eigenvalue weighted by atomic mass is 9.99. The van der Waals surface area contributed by atoms with E-state index in [0.29, 0.717) is 36.7 Å². The van der Waals surface area contributed by atoms with E-state index in [9.17, 15) is 13.2 Å². The minimum Gasteiger partial charge on any atom is -0.492 e. The Kier molecular flexibility index (Phi) is 6.36. The summed E-state index contributed by atoms with van der Waals surface area (Å²) in [6.07, 6.45) is 1.37. The van der Waals surface area contributed by atoms with Gasteiger partial charge in [0, 0.05) is 13.1 Å². The van der Waals surface area contributed by atoms with Gasteiger partial charge in [0.1, 0.15) is 16.6 Å². The molecule has 1 atom stereocenters. The van der Waals surface area contributed by atoms with Gasteiger partial charge in [0.15, 0.2) is 0 Å². The van der Waals surface area contributed by atoms with Gasteiger partial charge in [-0.25, -0.2) is 8.42 Å². The van der Waals surface area contributed by atoms with Crippen LogP contribution in [0.5, 0.6) is 5.75 Å². The summed E-state index contributed by atoms with van der Waals surface area (Å²) in [5.41, 5.74) is 0. The minimum absolute atomic E-state index is 0.122. The Balaban J connectivity index is 1.27. The first-order chi connectivity index (χ1) is 14.5. The molecule has 0 spiro atoms. The summed E-state index contributed by atoms with van der Waals surface area (Å²) in [6, 6.07) is 17.3. The highest BCUT2D eigenvalue weighted by atomic mass is 32.2. The van der Waals surface area contributed by atoms with E-state index in [-0.39, 0.29) is 18.4 Å². The lowest BCUT2D eigenvalue weighted by Crippen LogP contribution is -2.45. The molecule has 1 aliphatic rings. The van der Waals surface area contributed by atoms with Crippen molar-refractivity contribution in [3.05, 3.63) is 60.0 Å². The van der Waals surface area contributed by atoms with Crippen molar-refractivity contribution < 1.29 is 17.9 Å². The maximum atomic E-state index is 12.7. The molecule has 1 amide bonds. The van der Waals surface area contributed by atoms with Crippen molar-refractivity contribution in [3.8, 4) is 5.75 Å². The fourth-order valence-corrected chi connectivity index (χ4v) is 6.33. The van der Waals surface area contributed by atoms with Crippen LogP contribution in [0, 0.1) is 5.92 Å². The third-order valence-electron chi connectivity index (χ3n) is 5.24. The summed E-state index contributed by atoms with van der Waals surface area (Å²) in [7, 11) is -3.52. The lowest BCUT2D eigenvalue weighted by Gasteiger charge is -2.30. The standard InChI is InChI=1S/C22H24N2O4S2/c25-22(19-7-3-12-24(16-19)30(26,27)21-8-4-14-29-21)23-11-13-28-20-10-9-17-5-1-2-6-18(17)15-20/h1-2,4-6,8-10,14-15,19H,3,7,11-13,16H2,(H,23,25)/t19-/m0/s1. The molecule has 4 rings (SSSR count). The van der Waals surface area contributed by atoms with Crippen LogP contribution in [0.4, 0.5) is 0 Å². The Labute approximate surface area is 180 Å². The van der Waals surface area contributed by atoms with E-state index in [1.165, 1.54) is 15.6 Å². The van der Waals surface area contributed by atoms with E-state index in [1.54, 1.807) is 17.5 Å². The van der Waals surface area contributed by atoms with E-state index in [4.69, 9.17) is 4.74 Å². The van der Waals surface area contributed by atoms with Gasteiger partial charge < -0.3 is 10.1 Å². The molecule has 0 aliphatic carbocycles. The highest BCUT2D eigenvalue weighted by Gasteiger charge is 2.33. The number of fused-ring (bicyclic) bond motifs is 1. The zero-order valence-electron chi connectivity index (χ0n) is 16.5. The van der Waals surface area contributed by atoms with Crippen LogP contribution in [-0.4, -0.2) is 44.9 Å². The molecule has 0 bridgehead atoms. The molecule has 1 N–H and O–H groups in total. The number of carbonyl (C=O) groups is 1. The summed E-state index contributed by atoms with van der Waals surface area (Å²) in [4.78, 5) is 12.6. The zero-order valence-corrected chi connectivity index (χ0v) is 18.1. The van der Waals surface area contributed by atoms with Gasteiger partial charge in [-0.2, -0.15) is 4.31 Å². The van der Waals surface area contributed by atoms with Crippen LogP contribution in [0.1, 0.15) is 12.8 Å². The number of hydrogen-bond acceptors (Lipinski definition) is 5. The molecule has 3 aromatic rings. The monoisotopic (exact) mass is 444 g/mol. The van der Waals surface area contributed by atoms with E-state index >= 15 is 0 Å². The number of nitrogens with one attached hydrogen (secondary N) is 1. The molecule has 2 heterocycles. The van der Waals surface area contributed by atoms with E-state index in [2.05, 4.69) is 5.32 Å². The molecule has 1 aromatic heterocycles. The third-order valence-corrected chi connectivity index (χ3v) is 8.47. The second-order valence-electron chi connectivity index (χ2n) is 7.28. The normalized spacial score (nSPS) is 17.7. The molecular formula is C22H24N2O4S2. The van der Waals surface area contributed by atoms with E-state index in [0.717, 1.165) is 16.5 Å². The zero-order chi connectivity index (χ0) is 21.0. The number of carbonyl (C=O) groups excluding carboxylic acids is 1. The van der Waals surface area contributed by atoms with Crippen molar-refractivity contribution in [3.63, 3.8) is 0 Å². The van der Waals surface area contributed by atoms with Gasteiger partial charge in [-0.05, 0) is 47.2 Å². The second kappa shape index (κ2) is 9.16. The predicted molar refractivity (Wildman–Crippen MR) is 118 cm³/mol. The first-order valence-electron chi connectivity index (χ1n) is 9.97. The van der Waals surface area contributed by atoms with Gasteiger partial charge in [-0.1, -0.05) is 36.4 Å². The van der Waals surface area contributed by atoms with Crippen LogP contribution in [0.15, 0.2) is 64.2 Å². The lowest BCUT2D eigenvalue weighted by molar-refractivity contribution is -0.126.